The molecule has 0 rings (SSSR count). The molecule has 13 nitrogen and oxygen atoms in total. The fraction of sp³-hybridized carbons (Fsp3) is 0.500. The number of carboxylic acids is 5. The van der Waals surface area contributed by atoms with E-state index in [1.54, 1.807) is 0 Å². The van der Waals surface area contributed by atoms with E-state index in [9.17, 15) is 33.9 Å². The van der Waals surface area contributed by atoms with Gasteiger partial charge in [0.05, 0.1) is 25.7 Å². The minimum Gasteiger partial charge on any atom is -1.00 e. The van der Waals surface area contributed by atoms with E-state index in [2.05, 4.69) is 4.74 Å². The quantitative estimate of drug-likeness (QED) is 0.118. The fourth-order valence-electron chi connectivity index (χ4n) is 1.77. The van der Waals surface area contributed by atoms with Crippen LogP contribution in [0.4, 0.5) is 0 Å². The van der Waals surface area contributed by atoms with Gasteiger partial charge in [-0.15, -0.1) is 0 Å². The molecule has 146 valence electrons. The van der Waals surface area contributed by atoms with Crippen molar-refractivity contribution in [2.45, 2.75) is 36.9 Å². The van der Waals surface area contributed by atoms with Gasteiger partial charge in [-0.05, 0) is 0 Å². The molecule has 6 N–H and O–H groups in total. The normalized spacial score (nSPS) is 11.9. The zero-order valence-corrected chi connectivity index (χ0v) is 24.7. The number of hydrogen-bond acceptors (Lipinski definition) is 8. The molecule has 0 aromatic carbocycles. The molecule has 0 aromatic rings. The minimum absolute atomic E-state index is 0. The smallest absolute Gasteiger partial charge is 1.00 e. The van der Waals surface area contributed by atoms with Crippen LogP contribution in [0.15, 0.2) is 0 Å². The molecule has 0 aliphatic rings. The maximum atomic E-state index is 11.7. The van der Waals surface area contributed by atoms with Gasteiger partial charge in [0.1, 0.15) is 0 Å². The molecular formula is C12H17K3O13. The first-order valence-corrected chi connectivity index (χ1v) is 6.30. The van der Waals surface area contributed by atoms with Crippen molar-refractivity contribution in [3.05, 3.63) is 0 Å². The number of aliphatic hydroxyl groups is 1. The van der Waals surface area contributed by atoms with Crippen LogP contribution in [0.5, 0.6) is 0 Å². The number of carbonyl (C=O) groups excluding carboxylic acids is 1. The third-order valence-electron chi connectivity index (χ3n) is 2.85. The Morgan fingerprint density at radius 1 is 0.643 bits per heavy atom. The Kier molecular flexibility index (Phi) is 21.6. The minimum atomic E-state index is -3.17. The van der Waals surface area contributed by atoms with Crippen molar-refractivity contribution in [2.24, 2.45) is 0 Å². The average Bonchev–Trinajstić information content (AvgIpc) is 2.34. The molecule has 0 radical (unpaired) electrons. The van der Waals surface area contributed by atoms with E-state index < -0.39 is 72.7 Å². The van der Waals surface area contributed by atoms with Gasteiger partial charge >= 0.3 is 190 Å². The SMILES string of the molecule is O=C(O)CC(O)(CC(=O)OC(CC(=O)O)(CC(=O)O)C(=O)O)C(=O)O.[H-].[H-].[H-].[K+].[K+].[K+]. The van der Waals surface area contributed by atoms with Crippen LogP contribution in [-0.2, 0) is 33.5 Å². The third-order valence-corrected chi connectivity index (χ3v) is 2.85. The fourth-order valence-corrected chi connectivity index (χ4v) is 1.77. The molecule has 0 amide bonds. The van der Waals surface area contributed by atoms with Crippen molar-refractivity contribution in [3.8, 4) is 0 Å². The van der Waals surface area contributed by atoms with Gasteiger partial charge in [-0.25, -0.2) is 9.59 Å². The second kappa shape index (κ2) is 16.3. The Bertz CT molecular complexity index is 618. The van der Waals surface area contributed by atoms with Crippen LogP contribution in [0.1, 0.15) is 30.0 Å². The molecule has 0 spiro atoms. The Balaban J connectivity index is -0.000000192. The van der Waals surface area contributed by atoms with Crippen LogP contribution in [0.3, 0.4) is 0 Å². The molecule has 28 heavy (non-hydrogen) atoms. The summed E-state index contributed by atoms with van der Waals surface area (Å²) in [7, 11) is 0. The summed E-state index contributed by atoms with van der Waals surface area (Å²) in [6.45, 7) is 0. The van der Waals surface area contributed by atoms with Gasteiger partial charge in [0.15, 0.2) is 5.60 Å². The first-order valence-electron chi connectivity index (χ1n) is 6.30. The zero-order valence-electron chi connectivity index (χ0n) is 18.4. The van der Waals surface area contributed by atoms with Crippen molar-refractivity contribution in [3.63, 3.8) is 0 Å². The predicted molar refractivity (Wildman–Crippen MR) is 73.8 cm³/mol. The monoisotopic (exact) mass is 486 g/mol. The molecule has 0 fully saturated rings. The van der Waals surface area contributed by atoms with Crippen LogP contribution in [0.2, 0.25) is 0 Å². The van der Waals surface area contributed by atoms with Crippen molar-refractivity contribution in [1.29, 1.82) is 0 Å². The van der Waals surface area contributed by atoms with Crippen LogP contribution in [0.25, 0.3) is 0 Å². The van der Waals surface area contributed by atoms with Crippen LogP contribution in [-0.4, -0.2) is 77.7 Å². The van der Waals surface area contributed by atoms with Gasteiger partial charge in [-0.1, -0.05) is 0 Å². The van der Waals surface area contributed by atoms with Crippen molar-refractivity contribution in [2.75, 3.05) is 0 Å². The van der Waals surface area contributed by atoms with Crippen molar-refractivity contribution >= 4 is 35.8 Å². The molecule has 0 aliphatic heterocycles. The second-order valence-electron chi connectivity index (χ2n) is 5.00. The van der Waals surface area contributed by atoms with Gasteiger partial charge in [0.25, 0.3) is 0 Å². The van der Waals surface area contributed by atoms with Gasteiger partial charge in [-0.3, -0.25) is 19.2 Å². The molecule has 0 saturated heterocycles. The Labute approximate surface area is 289 Å². The molecular weight excluding hydrogens is 469 g/mol. The van der Waals surface area contributed by atoms with E-state index in [1.807, 2.05) is 0 Å². The second-order valence-corrected chi connectivity index (χ2v) is 5.00. The third kappa shape index (κ3) is 13.2. The number of hydrogen-bond donors (Lipinski definition) is 6. The van der Waals surface area contributed by atoms with Gasteiger partial charge < -0.3 is 39.7 Å². The van der Waals surface area contributed by atoms with Crippen molar-refractivity contribution < 1.29 is 223 Å². The van der Waals surface area contributed by atoms with Gasteiger partial charge in [0.2, 0.25) is 5.60 Å². The van der Waals surface area contributed by atoms with Gasteiger partial charge in [-0.2, -0.15) is 0 Å². The topological polar surface area (TPSA) is 233 Å². The number of carbonyl (C=O) groups is 6. The van der Waals surface area contributed by atoms with E-state index >= 15 is 0 Å². The largest absolute Gasteiger partial charge is 1.00 e. The Morgan fingerprint density at radius 3 is 1.25 bits per heavy atom. The van der Waals surface area contributed by atoms with Crippen LogP contribution >= 0.6 is 0 Å². The summed E-state index contributed by atoms with van der Waals surface area (Å²) in [4.78, 5) is 66.0. The van der Waals surface area contributed by atoms with Crippen LogP contribution in [0, 0.1) is 0 Å². The van der Waals surface area contributed by atoms with E-state index in [0.29, 0.717) is 0 Å². The zero-order chi connectivity index (χ0) is 20.0. The maximum absolute atomic E-state index is 11.7. The molecule has 0 aliphatic carbocycles. The standard InChI is InChI=1S/C12H14O13.3K.3H/c13-5(14)1-11(24,9(20)21)4-8(19)25-12(10(22)23,2-6(15)16)3-7(17)18;;;;;;/h24H,1-4H2,(H,13,14)(H,15,16)(H,17,18)(H,20,21)(H,22,23);;;;;;/q;3*+1;3*-1. The molecule has 0 bridgehead atoms. The number of aliphatic carboxylic acids is 5. The maximum Gasteiger partial charge on any atom is 1.00 e. The van der Waals surface area contributed by atoms with Crippen LogP contribution < -0.4 is 154 Å². The summed E-state index contributed by atoms with van der Waals surface area (Å²) in [6.07, 6.45) is -5.94. The first-order chi connectivity index (χ1) is 11.2. The van der Waals surface area contributed by atoms with Crippen molar-refractivity contribution in [1.82, 2.24) is 0 Å². The van der Waals surface area contributed by atoms with E-state index in [1.165, 1.54) is 0 Å². The summed E-state index contributed by atoms with van der Waals surface area (Å²) in [5, 5.41) is 53.5. The number of carboxylic acid groups (broad SMARTS) is 5. The number of rotatable bonds is 11. The van der Waals surface area contributed by atoms with E-state index in [-0.39, 0.29) is 158 Å². The molecule has 0 heterocycles. The summed E-state index contributed by atoms with van der Waals surface area (Å²) < 4.78 is 4.33. The number of ether oxygens (including phenoxy) is 1. The Morgan fingerprint density at radius 2 is 1.00 bits per heavy atom. The number of esters is 1. The Hall–Kier alpha value is 1.69. The predicted octanol–water partition coefficient (Wildman–Crippen LogP) is -10.7. The molecule has 0 aromatic heterocycles. The van der Waals surface area contributed by atoms with Gasteiger partial charge in [0, 0.05) is 0 Å². The summed E-state index contributed by atoms with van der Waals surface area (Å²) in [5.74, 6) is -11.6. The summed E-state index contributed by atoms with van der Waals surface area (Å²) in [6, 6.07) is 0. The summed E-state index contributed by atoms with van der Waals surface area (Å²) >= 11 is 0. The summed E-state index contributed by atoms with van der Waals surface area (Å²) in [5.41, 5.74) is -6.24. The van der Waals surface area contributed by atoms with E-state index in [0.717, 1.165) is 0 Å². The molecule has 1 unspecified atom stereocenters. The average molecular weight is 487 g/mol. The molecule has 1 atom stereocenters. The van der Waals surface area contributed by atoms with E-state index in [4.69, 9.17) is 25.5 Å². The molecule has 16 heteroatoms. The molecule has 0 saturated carbocycles. The first kappa shape index (κ1) is 37.0.